The molecule has 0 saturated carbocycles. The molecule has 0 atom stereocenters. The zero-order valence-corrected chi connectivity index (χ0v) is 15.5. The molecule has 0 aliphatic heterocycles. The van der Waals surface area contributed by atoms with Gasteiger partial charge in [-0.15, -0.1) is 0 Å². The Hall–Kier alpha value is -2.53. The molecule has 0 N–H and O–H groups in total. The van der Waals surface area contributed by atoms with Crippen molar-refractivity contribution in [2.24, 2.45) is 0 Å². The van der Waals surface area contributed by atoms with Crippen molar-refractivity contribution in [1.82, 2.24) is 0 Å². The summed E-state index contributed by atoms with van der Waals surface area (Å²) in [5.74, 6) is 6.85. The molecule has 0 heterocycles. The van der Waals surface area contributed by atoms with Crippen LogP contribution in [0.3, 0.4) is 0 Å². The van der Waals surface area contributed by atoms with Crippen molar-refractivity contribution in [2.75, 3.05) is 7.11 Å². The van der Waals surface area contributed by atoms with Gasteiger partial charge in [0.25, 0.3) is 0 Å². The monoisotopic (exact) mass is 396 g/mol. The first-order chi connectivity index (χ1) is 12.2. The van der Waals surface area contributed by atoms with Crippen LogP contribution >= 0.6 is 0 Å². The summed E-state index contributed by atoms with van der Waals surface area (Å²) in [5.41, 5.74) is 2.95. The van der Waals surface area contributed by atoms with E-state index in [1.165, 1.54) is 17.7 Å². The van der Waals surface area contributed by atoms with E-state index < -0.39 is 0 Å². The minimum atomic E-state index is -0.249. The number of halogens is 1. The maximum absolute atomic E-state index is 13.6. The van der Waals surface area contributed by atoms with E-state index in [0.29, 0.717) is 0 Å². The van der Waals surface area contributed by atoms with Gasteiger partial charge < -0.3 is 0 Å². The van der Waals surface area contributed by atoms with Gasteiger partial charge in [0.1, 0.15) is 0 Å². The Kier molecular flexibility index (Phi) is 5.90. The molecule has 0 saturated heterocycles. The molecule has 0 unspecified atom stereocenters. The fourth-order valence-electron chi connectivity index (χ4n) is 2.27. The number of benzene rings is 3. The first-order valence-electron chi connectivity index (χ1n) is 7.87. The van der Waals surface area contributed by atoms with Gasteiger partial charge >= 0.3 is 154 Å². The van der Waals surface area contributed by atoms with Crippen LogP contribution in [0.2, 0.25) is 0 Å². The Balaban J connectivity index is 1.78. The molecule has 3 aromatic carbocycles. The zero-order valence-electron chi connectivity index (χ0n) is 13.8. The van der Waals surface area contributed by atoms with Crippen LogP contribution in [-0.4, -0.2) is 22.1 Å². The molecule has 0 radical (unpaired) electrons. The summed E-state index contributed by atoms with van der Waals surface area (Å²) in [6, 6.07) is 22.7. The zero-order chi connectivity index (χ0) is 17.5. The van der Waals surface area contributed by atoms with Gasteiger partial charge in [-0.3, -0.25) is 0 Å². The molecule has 0 amide bonds. The quantitative estimate of drug-likeness (QED) is 0.483. The predicted molar refractivity (Wildman–Crippen MR) is 101 cm³/mol. The Bertz CT molecular complexity index is 893. The average molecular weight is 395 g/mol. The van der Waals surface area contributed by atoms with Gasteiger partial charge in [0, 0.05) is 0 Å². The van der Waals surface area contributed by atoms with Crippen LogP contribution in [0.1, 0.15) is 16.7 Å². The van der Waals surface area contributed by atoms with Gasteiger partial charge in [0.2, 0.25) is 0 Å². The van der Waals surface area contributed by atoms with Crippen molar-refractivity contribution in [2.45, 2.75) is 5.32 Å². The van der Waals surface area contributed by atoms with Crippen LogP contribution in [-0.2, 0) is 5.32 Å². The van der Waals surface area contributed by atoms with E-state index in [1.807, 2.05) is 48.5 Å². The van der Waals surface area contributed by atoms with E-state index in [-0.39, 0.29) is 20.8 Å². The van der Waals surface area contributed by atoms with E-state index in [0.717, 1.165) is 26.7 Å². The fraction of sp³-hybridized carbons (Fsp3) is 0.0909. The van der Waals surface area contributed by atoms with Gasteiger partial charge in [-0.25, -0.2) is 0 Å². The molecule has 0 aliphatic carbocycles. The number of hydrogen-bond donors (Lipinski definition) is 0. The van der Waals surface area contributed by atoms with Crippen LogP contribution in [0.25, 0.3) is 0 Å². The standard InChI is InChI=1S/C22H17FOSe/c1-24-21-12-8-18(9-13-21)16-25-22-14-11-20(23)15-19(22)10-7-17-5-3-2-4-6-17/h2-6,8-9,11-15H,16H2,1H3. The normalized spacial score (nSPS) is 10.0. The van der Waals surface area contributed by atoms with Gasteiger partial charge in [-0.05, 0) is 0 Å². The van der Waals surface area contributed by atoms with Crippen LogP contribution in [0, 0.1) is 17.7 Å². The molecule has 0 fully saturated rings. The van der Waals surface area contributed by atoms with Crippen molar-refractivity contribution in [3.63, 3.8) is 0 Å². The van der Waals surface area contributed by atoms with Crippen molar-refractivity contribution < 1.29 is 9.13 Å². The Morgan fingerprint density at radius 3 is 2.40 bits per heavy atom. The molecule has 1 nitrogen and oxygen atoms in total. The summed E-state index contributed by atoms with van der Waals surface area (Å²) in [6.07, 6.45) is 0. The molecule has 3 heteroatoms. The minimum absolute atomic E-state index is 0.184. The van der Waals surface area contributed by atoms with Gasteiger partial charge in [0.05, 0.1) is 0 Å². The maximum atomic E-state index is 13.6. The average Bonchev–Trinajstić information content (AvgIpc) is 2.67. The van der Waals surface area contributed by atoms with Gasteiger partial charge in [-0.2, -0.15) is 0 Å². The molecule has 0 aromatic heterocycles. The summed E-state index contributed by atoms with van der Waals surface area (Å²) in [6.45, 7) is 0. The summed E-state index contributed by atoms with van der Waals surface area (Å²) < 4.78 is 19.9. The van der Waals surface area contributed by atoms with Gasteiger partial charge in [0.15, 0.2) is 0 Å². The molecule has 124 valence electrons. The summed E-state index contributed by atoms with van der Waals surface area (Å²) >= 11 is 0.184. The second kappa shape index (κ2) is 8.53. The molecular weight excluding hydrogens is 378 g/mol. The molecular formula is C22H17FOSe. The van der Waals surface area contributed by atoms with Crippen molar-refractivity contribution in [3.8, 4) is 17.6 Å². The molecule has 0 bridgehead atoms. The second-order valence-electron chi connectivity index (χ2n) is 5.39. The van der Waals surface area contributed by atoms with Gasteiger partial charge in [-0.1, -0.05) is 0 Å². The molecule has 3 rings (SSSR count). The summed E-state index contributed by atoms with van der Waals surface area (Å²) in [4.78, 5) is 0. The van der Waals surface area contributed by atoms with Crippen LogP contribution in [0.15, 0.2) is 72.8 Å². The first-order valence-corrected chi connectivity index (χ1v) is 9.94. The molecule has 3 aromatic rings. The first kappa shape index (κ1) is 17.3. The van der Waals surface area contributed by atoms with E-state index in [2.05, 4.69) is 24.0 Å². The van der Waals surface area contributed by atoms with Crippen molar-refractivity contribution in [3.05, 3.63) is 95.3 Å². The van der Waals surface area contributed by atoms with Crippen LogP contribution in [0.4, 0.5) is 4.39 Å². The van der Waals surface area contributed by atoms with E-state index in [9.17, 15) is 4.39 Å². The Morgan fingerprint density at radius 2 is 1.68 bits per heavy atom. The Labute approximate surface area is 154 Å². The summed E-state index contributed by atoms with van der Waals surface area (Å²) in [5, 5.41) is 0.933. The number of rotatable bonds is 4. The number of methoxy groups -OCH3 is 1. The SMILES string of the molecule is COc1ccc(C[Se]c2ccc(F)cc2C#Cc2ccccc2)cc1. The number of hydrogen-bond acceptors (Lipinski definition) is 1. The predicted octanol–water partition coefficient (Wildman–Crippen LogP) is 3.76. The molecule has 0 spiro atoms. The second-order valence-corrected chi connectivity index (χ2v) is 7.53. The van der Waals surface area contributed by atoms with Crippen molar-refractivity contribution in [1.29, 1.82) is 0 Å². The van der Waals surface area contributed by atoms with Crippen LogP contribution in [0.5, 0.6) is 5.75 Å². The van der Waals surface area contributed by atoms with Crippen molar-refractivity contribution >= 4 is 19.4 Å². The number of ether oxygens (including phenoxy) is 1. The summed E-state index contributed by atoms with van der Waals surface area (Å²) in [7, 11) is 1.66. The molecule has 25 heavy (non-hydrogen) atoms. The third kappa shape index (κ3) is 4.97. The third-order valence-electron chi connectivity index (χ3n) is 3.61. The van der Waals surface area contributed by atoms with E-state index in [1.54, 1.807) is 7.11 Å². The topological polar surface area (TPSA) is 9.23 Å². The third-order valence-corrected chi connectivity index (χ3v) is 6.01. The molecule has 0 aliphatic rings. The van der Waals surface area contributed by atoms with Crippen LogP contribution < -0.4 is 9.20 Å². The Morgan fingerprint density at radius 1 is 0.920 bits per heavy atom. The van der Waals surface area contributed by atoms with E-state index >= 15 is 0 Å². The fourth-order valence-corrected chi connectivity index (χ4v) is 4.25. The van der Waals surface area contributed by atoms with E-state index in [4.69, 9.17) is 4.74 Å².